The van der Waals surface area contributed by atoms with E-state index >= 15 is 0 Å². The predicted molar refractivity (Wildman–Crippen MR) is 139 cm³/mol. The van der Waals surface area contributed by atoms with Crippen molar-refractivity contribution in [2.75, 3.05) is 0 Å². The molecule has 0 saturated carbocycles. The minimum Gasteiger partial charge on any atom is -0.340 e. The molecule has 0 aromatic rings. The molecule has 158 valence electrons. The largest absolute Gasteiger partial charge is 0.340 e. The topological polar surface area (TPSA) is 64.1 Å². The lowest BCUT2D eigenvalue weighted by Gasteiger charge is -2.48. The van der Waals surface area contributed by atoms with Gasteiger partial charge in [0.1, 0.15) is 36.4 Å². The van der Waals surface area contributed by atoms with Gasteiger partial charge >= 0.3 is 0 Å². The SMILES string of the molecule is CBC(C)(N)BC(C)(C)BC(C)(N)BC(C)(C)BC1CC(C)(C)NC(C)(C)C1. The summed E-state index contributed by atoms with van der Waals surface area (Å²) >= 11 is 0. The highest BCUT2D eigenvalue weighted by molar-refractivity contribution is 6.79. The Morgan fingerprint density at radius 1 is 0.750 bits per heavy atom. The molecular weight excluding hydrogens is 336 g/mol. The van der Waals surface area contributed by atoms with Gasteiger partial charge < -0.3 is 16.8 Å². The number of hydrogen-bond donors (Lipinski definition) is 3. The molecule has 3 nitrogen and oxygen atoms in total. The molecule has 0 aromatic carbocycles. The van der Waals surface area contributed by atoms with Crippen LogP contribution in [0.5, 0.6) is 0 Å². The van der Waals surface area contributed by atoms with Crippen molar-refractivity contribution in [2.45, 2.75) is 127 Å². The van der Waals surface area contributed by atoms with Crippen LogP contribution in [0.3, 0.4) is 0 Å². The van der Waals surface area contributed by atoms with Gasteiger partial charge in [0, 0.05) is 11.1 Å². The molecule has 1 aliphatic heterocycles. The van der Waals surface area contributed by atoms with E-state index in [1.807, 2.05) is 0 Å². The molecule has 5 N–H and O–H groups in total. The Bertz CT molecular complexity index is 514. The molecule has 0 amide bonds. The van der Waals surface area contributed by atoms with Crippen LogP contribution in [0, 0.1) is 0 Å². The standard InChI is InChI=1S/C20H48B5N3/c1-15(2)12-14(13-16(3,4)28-15)22-17(5,6)23-20(10,27)25-18(7,8)24-19(9,26)21-11/h14,21-25,28H,12-13,26-27H2,1-11H3. The number of rotatable bonds is 9. The van der Waals surface area contributed by atoms with Crippen LogP contribution in [-0.4, -0.2) is 58.2 Å². The van der Waals surface area contributed by atoms with E-state index in [1.165, 1.54) is 20.1 Å². The first-order valence-electron chi connectivity index (χ1n) is 11.5. The van der Waals surface area contributed by atoms with Crippen LogP contribution >= 0.6 is 0 Å². The molecule has 0 radical (unpaired) electrons. The van der Waals surface area contributed by atoms with Crippen molar-refractivity contribution >= 4 is 36.4 Å². The van der Waals surface area contributed by atoms with Crippen LogP contribution in [0.15, 0.2) is 0 Å². The number of nitrogens with two attached hydrogens (primary N) is 2. The number of hydrogen-bond acceptors (Lipinski definition) is 3. The number of piperidine rings is 1. The maximum Gasteiger partial charge on any atom is 0.133 e. The smallest absolute Gasteiger partial charge is 0.133 e. The van der Waals surface area contributed by atoms with Crippen LogP contribution in [0.25, 0.3) is 0 Å². The lowest BCUT2D eigenvalue weighted by atomic mass is 9.15. The maximum atomic E-state index is 6.91. The molecule has 0 aliphatic carbocycles. The highest BCUT2D eigenvalue weighted by atomic mass is 15.0. The van der Waals surface area contributed by atoms with Crippen LogP contribution in [0.2, 0.25) is 23.1 Å². The lowest BCUT2D eigenvalue weighted by molar-refractivity contribution is 0.182. The summed E-state index contributed by atoms with van der Waals surface area (Å²) in [5, 5.41) is 3.93. The van der Waals surface area contributed by atoms with E-state index < -0.39 is 0 Å². The predicted octanol–water partition coefficient (Wildman–Crippen LogP) is 1.52. The number of nitrogens with one attached hydrogen (secondary N) is 1. The Morgan fingerprint density at radius 2 is 1.14 bits per heavy atom. The van der Waals surface area contributed by atoms with E-state index in [2.05, 4.69) is 81.4 Å². The molecule has 1 fully saturated rings. The second kappa shape index (κ2) is 8.38. The maximum absolute atomic E-state index is 6.91. The van der Waals surface area contributed by atoms with E-state index in [9.17, 15) is 0 Å². The first-order valence-corrected chi connectivity index (χ1v) is 11.5. The second-order valence-electron chi connectivity index (χ2n) is 13.9. The van der Waals surface area contributed by atoms with Gasteiger partial charge in [-0.05, 0) is 51.2 Å². The van der Waals surface area contributed by atoms with Gasteiger partial charge in [0.2, 0.25) is 0 Å². The fraction of sp³-hybridized carbons (Fsp3) is 1.00. The molecule has 28 heavy (non-hydrogen) atoms. The average molecular weight is 385 g/mol. The minimum atomic E-state index is -0.172. The first kappa shape index (κ1) is 26.2. The van der Waals surface area contributed by atoms with Gasteiger partial charge in [0.25, 0.3) is 0 Å². The minimum absolute atomic E-state index is 0.110. The highest BCUT2D eigenvalue weighted by Gasteiger charge is 2.43. The Labute approximate surface area is 180 Å². The second-order valence-corrected chi connectivity index (χ2v) is 13.9. The highest BCUT2D eigenvalue weighted by Crippen LogP contribution is 2.41. The molecule has 1 rings (SSSR count). The Hall–Kier alpha value is 0.205. The quantitative estimate of drug-likeness (QED) is 0.528. The summed E-state index contributed by atoms with van der Waals surface area (Å²) in [5.74, 6) is 0.748. The third kappa shape index (κ3) is 9.35. The van der Waals surface area contributed by atoms with Crippen LogP contribution in [-0.2, 0) is 0 Å². The van der Waals surface area contributed by atoms with Gasteiger partial charge in [-0.2, -0.15) is 0 Å². The Morgan fingerprint density at radius 3 is 1.57 bits per heavy atom. The summed E-state index contributed by atoms with van der Waals surface area (Å²) in [5.41, 5.74) is 13.8. The normalized spacial score (nSPS) is 24.5. The van der Waals surface area contributed by atoms with Crippen LogP contribution in [0.4, 0.5) is 0 Å². The molecule has 0 aromatic heterocycles. The molecule has 1 heterocycles. The van der Waals surface area contributed by atoms with Crippen molar-refractivity contribution in [1.29, 1.82) is 0 Å². The Kier molecular flexibility index (Phi) is 7.86. The fourth-order valence-electron chi connectivity index (χ4n) is 7.06. The van der Waals surface area contributed by atoms with Crippen LogP contribution in [0.1, 0.15) is 82.1 Å². The monoisotopic (exact) mass is 385 g/mol. The summed E-state index contributed by atoms with van der Waals surface area (Å²) in [6, 6.07) is 0. The van der Waals surface area contributed by atoms with E-state index in [0.29, 0.717) is 0 Å². The van der Waals surface area contributed by atoms with Crippen molar-refractivity contribution in [3.8, 4) is 0 Å². The van der Waals surface area contributed by atoms with Crippen molar-refractivity contribution in [3.63, 3.8) is 0 Å². The summed E-state index contributed by atoms with van der Waals surface area (Å²) in [4.78, 5) is 0. The van der Waals surface area contributed by atoms with E-state index in [1.54, 1.807) is 0 Å². The molecule has 1 saturated heterocycles. The molecule has 1 aliphatic rings. The van der Waals surface area contributed by atoms with Crippen molar-refractivity contribution in [3.05, 3.63) is 0 Å². The molecule has 0 spiro atoms. The van der Waals surface area contributed by atoms with E-state index in [4.69, 9.17) is 11.5 Å². The van der Waals surface area contributed by atoms with Gasteiger partial charge in [-0.15, -0.1) is 0 Å². The molecule has 0 bridgehead atoms. The zero-order chi connectivity index (χ0) is 22.2. The summed E-state index contributed by atoms with van der Waals surface area (Å²) in [6.45, 7) is 25.5. The van der Waals surface area contributed by atoms with Gasteiger partial charge in [-0.1, -0.05) is 64.6 Å². The Balaban J connectivity index is 2.78. The third-order valence-corrected chi connectivity index (χ3v) is 6.57. The zero-order valence-corrected chi connectivity index (χ0v) is 21.2. The average Bonchev–Trinajstić information content (AvgIpc) is 2.28. The molecule has 2 atom stereocenters. The summed E-state index contributed by atoms with van der Waals surface area (Å²) in [7, 11) is 5.34. The fourth-order valence-corrected chi connectivity index (χ4v) is 7.06. The third-order valence-electron chi connectivity index (χ3n) is 6.57. The van der Waals surface area contributed by atoms with Crippen molar-refractivity contribution in [2.24, 2.45) is 11.5 Å². The van der Waals surface area contributed by atoms with Crippen LogP contribution < -0.4 is 16.8 Å². The van der Waals surface area contributed by atoms with E-state index in [0.717, 1.165) is 34.9 Å². The van der Waals surface area contributed by atoms with Gasteiger partial charge in [0.05, 0.1) is 0 Å². The van der Waals surface area contributed by atoms with Gasteiger partial charge in [-0.25, -0.2) is 0 Å². The van der Waals surface area contributed by atoms with Gasteiger partial charge in [-0.3, -0.25) is 0 Å². The van der Waals surface area contributed by atoms with Crippen molar-refractivity contribution < 1.29 is 0 Å². The zero-order valence-electron chi connectivity index (χ0n) is 21.2. The summed E-state index contributed by atoms with van der Waals surface area (Å²) in [6.07, 6.45) is 2.49. The molecule has 8 heteroatoms. The summed E-state index contributed by atoms with van der Waals surface area (Å²) < 4.78 is 0. The molecular formula is C20H48B5N3. The first-order chi connectivity index (χ1) is 12.2. The van der Waals surface area contributed by atoms with E-state index in [-0.39, 0.29) is 32.2 Å². The van der Waals surface area contributed by atoms with Crippen molar-refractivity contribution in [1.82, 2.24) is 5.32 Å². The van der Waals surface area contributed by atoms with Gasteiger partial charge in [0.15, 0.2) is 0 Å². The lowest BCUT2D eigenvalue weighted by Crippen LogP contribution is -2.60. The molecule has 2 unspecified atom stereocenters.